The van der Waals surface area contributed by atoms with Gasteiger partial charge in [0, 0.05) is 13.1 Å². The highest BCUT2D eigenvalue weighted by atomic mass is 16.5. The van der Waals surface area contributed by atoms with E-state index >= 15 is 0 Å². The van der Waals surface area contributed by atoms with E-state index in [9.17, 15) is 4.79 Å². The molecule has 3 aromatic rings. The normalized spacial score (nSPS) is 13.3. The van der Waals surface area contributed by atoms with Crippen LogP contribution < -0.4 is 19.7 Å². The van der Waals surface area contributed by atoms with Gasteiger partial charge in [-0.1, -0.05) is 24.3 Å². The number of hydrogen-bond acceptors (Lipinski definition) is 6. The highest BCUT2D eigenvalue weighted by Gasteiger charge is 2.21. The van der Waals surface area contributed by atoms with Gasteiger partial charge < -0.3 is 19.7 Å². The second kappa shape index (κ2) is 9.47. The number of rotatable bonds is 8. The third kappa shape index (κ3) is 4.77. The van der Waals surface area contributed by atoms with E-state index in [0.717, 1.165) is 48.9 Å². The number of methoxy groups -OCH3 is 1. The van der Waals surface area contributed by atoms with Crippen LogP contribution in [0.1, 0.15) is 18.4 Å². The van der Waals surface area contributed by atoms with Gasteiger partial charge >= 0.3 is 0 Å². The van der Waals surface area contributed by atoms with E-state index in [1.165, 1.54) is 0 Å². The van der Waals surface area contributed by atoms with Crippen LogP contribution in [0.5, 0.6) is 11.5 Å². The van der Waals surface area contributed by atoms with Crippen LogP contribution in [0.4, 0.5) is 11.6 Å². The van der Waals surface area contributed by atoms with Crippen molar-refractivity contribution in [1.29, 1.82) is 0 Å². The molecule has 0 spiro atoms. The Hall–Kier alpha value is -3.61. The minimum atomic E-state index is -0.303. The summed E-state index contributed by atoms with van der Waals surface area (Å²) in [5.41, 5.74) is 2.61. The number of carbonyl (C=O) groups excluding carboxylic acids is 1. The van der Waals surface area contributed by atoms with Crippen molar-refractivity contribution in [2.45, 2.75) is 19.3 Å². The average molecular weight is 418 g/mol. The predicted molar refractivity (Wildman–Crippen MR) is 122 cm³/mol. The van der Waals surface area contributed by atoms with E-state index < -0.39 is 0 Å². The third-order valence-corrected chi connectivity index (χ3v) is 5.18. The van der Waals surface area contributed by atoms with Crippen molar-refractivity contribution >= 4 is 28.6 Å². The van der Waals surface area contributed by atoms with Crippen molar-refractivity contribution in [1.82, 2.24) is 9.97 Å². The molecule has 4 rings (SSSR count). The standard InChI is InChI=1S/C24H26N4O3/c1-3-8-17-11-12-20(21(15-17)30-2)31-16-22(29)27-23-24(28-13-6-7-14-28)26-19-10-5-4-9-18(19)25-23/h3-5,9-12,15H,1,6-8,13-14,16H2,2H3,(H,25,27,29). The van der Waals surface area contributed by atoms with Crippen LogP contribution in [-0.4, -0.2) is 42.7 Å². The van der Waals surface area contributed by atoms with Crippen molar-refractivity contribution in [2.24, 2.45) is 0 Å². The van der Waals surface area contributed by atoms with Crippen molar-refractivity contribution in [3.63, 3.8) is 0 Å². The molecular weight excluding hydrogens is 392 g/mol. The molecule has 160 valence electrons. The Balaban J connectivity index is 1.50. The number of nitrogens with one attached hydrogen (secondary N) is 1. The Morgan fingerprint density at radius 2 is 1.87 bits per heavy atom. The molecule has 0 bridgehead atoms. The number of carbonyl (C=O) groups is 1. The van der Waals surface area contributed by atoms with Crippen LogP contribution in [0.2, 0.25) is 0 Å². The monoisotopic (exact) mass is 418 g/mol. The van der Waals surface area contributed by atoms with Gasteiger partial charge in [-0.3, -0.25) is 4.79 Å². The zero-order chi connectivity index (χ0) is 21.6. The maximum absolute atomic E-state index is 12.7. The molecule has 0 radical (unpaired) electrons. The first kappa shape index (κ1) is 20.7. The van der Waals surface area contributed by atoms with E-state index in [0.29, 0.717) is 23.1 Å². The first-order valence-electron chi connectivity index (χ1n) is 10.4. The summed E-state index contributed by atoms with van der Waals surface area (Å²) >= 11 is 0. The fraction of sp³-hybridized carbons (Fsp3) is 0.292. The first-order chi connectivity index (χ1) is 15.2. The molecule has 7 heteroatoms. The predicted octanol–water partition coefficient (Wildman–Crippen LogP) is 3.98. The fourth-order valence-electron chi connectivity index (χ4n) is 3.66. The lowest BCUT2D eigenvalue weighted by Gasteiger charge is -2.20. The maximum atomic E-state index is 12.7. The Morgan fingerprint density at radius 3 is 2.58 bits per heavy atom. The van der Waals surface area contributed by atoms with Crippen LogP contribution in [0, 0.1) is 0 Å². The number of anilines is 2. The quantitative estimate of drug-likeness (QED) is 0.558. The number of fused-ring (bicyclic) bond motifs is 1. The van der Waals surface area contributed by atoms with E-state index in [4.69, 9.17) is 14.5 Å². The summed E-state index contributed by atoms with van der Waals surface area (Å²) in [6, 6.07) is 13.3. The molecule has 31 heavy (non-hydrogen) atoms. The highest BCUT2D eigenvalue weighted by molar-refractivity contribution is 5.95. The molecule has 2 aromatic carbocycles. The number of aromatic nitrogens is 2. The summed E-state index contributed by atoms with van der Waals surface area (Å²) in [5.74, 6) is 1.95. The molecule has 0 unspecified atom stereocenters. The Bertz CT molecular complexity index is 1090. The molecule has 0 aliphatic carbocycles. The maximum Gasteiger partial charge on any atom is 0.263 e. The average Bonchev–Trinajstić information content (AvgIpc) is 3.32. The lowest BCUT2D eigenvalue weighted by Crippen LogP contribution is -2.25. The lowest BCUT2D eigenvalue weighted by molar-refractivity contribution is -0.118. The van der Waals surface area contributed by atoms with Crippen molar-refractivity contribution in [3.05, 3.63) is 60.7 Å². The molecule has 1 aliphatic rings. The molecule has 1 N–H and O–H groups in total. The van der Waals surface area contributed by atoms with Gasteiger partial charge in [0.2, 0.25) is 0 Å². The number of nitrogens with zero attached hydrogens (tertiary/aromatic N) is 3. The molecular formula is C24H26N4O3. The smallest absolute Gasteiger partial charge is 0.263 e. The highest BCUT2D eigenvalue weighted by Crippen LogP contribution is 2.29. The zero-order valence-corrected chi connectivity index (χ0v) is 17.6. The molecule has 1 saturated heterocycles. The topological polar surface area (TPSA) is 76.6 Å². The minimum absolute atomic E-state index is 0.162. The number of hydrogen-bond donors (Lipinski definition) is 1. The van der Waals surface area contributed by atoms with E-state index in [2.05, 4.69) is 21.8 Å². The fourth-order valence-corrected chi connectivity index (χ4v) is 3.66. The summed E-state index contributed by atoms with van der Waals surface area (Å²) < 4.78 is 11.1. The van der Waals surface area contributed by atoms with Crippen LogP contribution in [0.3, 0.4) is 0 Å². The Kier molecular flexibility index (Phi) is 6.31. The number of ether oxygens (including phenoxy) is 2. The van der Waals surface area contributed by atoms with Crippen LogP contribution in [0.25, 0.3) is 11.0 Å². The van der Waals surface area contributed by atoms with Gasteiger partial charge in [-0.05, 0) is 49.1 Å². The van der Waals surface area contributed by atoms with Crippen molar-refractivity contribution < 1.29 is 14.3 Å². The molecule has 0 atom stereocenters. The molecule has 2 heterocycles. The van der Waals surface area contributed by atoms with Gasteiger partial charge in [-0.15, -0.1) is 6.58 Å². The summed E-state index contributed by atoms with van der Waals surface area (Å²) in [6.45, 7) is 5.39. The molecule has 1 aromatic heterocycles. The third-order valence-electron chi connectivity index (χ3n) is 5.18. The SMILES string of the molecule is C=CCc1ccc(OCC(=O)Nc2nc3ccccc3nc2N2CCCC2)c(OC)c1. The van der Waals surface area contributed by atoms with Gasteiger partial charge in [0.05, 0.1) is 18.1 Å². The van der Waals surface area contributed by atoms with E-state index in [1.54, 1.807) is 13.2 Å². The molecule has 1 fully saturated rings. The van der Waals surface area contributed by atoms with Crippen LogP contribution in [-0.2, 0) is 11.2 Å². The minimum Gasteiger partial charge on any atom is -0.493 e. The largest absolute Gasteiger partial charge is 0.493 e. The molecule has 0 saturated carbocycles. The number of para-hydroxylation sites is 2. The first-order valence-corrected chi connectivity index (χ1v) is 10.4. The number of benzene rings is 2. The molecule has 1 amide bonds. The van der Waals surface area contributed by atoms with Gasteiger partial charge in [-0.25, -0.2) is 9.97 Å². The Morgan fingerprint density at radius 1 is 1.13 bits per heavy atom. The van der Waals surface area contributed by atoms with E-state index in [-0.39, 0.29) is 12.5 Å². The van der Waals surface area contributed by atoms with Gasteiger partial charge in [-0.2, -0.15) is 0 Å². The van der Waals surface area contributed by atoms with Crippen molar-refractivity contribution in [3.8, 4) is 11.5 Å². The van der Waals surface area contributed by atoms with Gasteiger partial charge in [0.1, 0.15) is 0 Å². The zero-order valence-electron chi connectivity index (χ0n) is 17.6. The second-order valence-electron chi connectivity index (χ2n) is 7.39. The summed E-state index contributed by atoms with van der Waals surface area (Å²) in [7, 11) is 1.58. The van der Waals surface area contributed by atoms with Gasteiger partial charge in [0.15, 0.2) is 29.7 Å². The lowest BCUT2D eigenvalue weighted by atomic mass is 10.1. The van der Waals surface area contributed by atoms with Crippen molar-refractivity contribution in [2.75, 3.05) is 37.0 Å². The van der Waals surface area contributed by atoms with Gasteiger partial charge in [0.25, 0.3) is 5.91 Å². The van der Waals surface area contributed by atoms with E-state index in [1.807, 2.05) is 42.5 Å². The Labute approximate surface area is 181 Å². The number of allylic oxidation sites excluding steroid dienone is 1. The van der Waals surface area contributed by atoms with Crippen LogP contribution >= 0.6 is 0 Å². The second-order valence-corrected chi connectivity index (χ2v) is 7.39. The molecule has 7 nitrogen and oxygen atoms in total. The summed E-state index contributed by atoms with van der Waals surface area (Å²) in [5, 5.41) is 2.89. The summed E-state index contributed by atoms with van der Waals surface area (Å²) in [4.78, 5) is 24.3. The molecule has 1 aliphatic heterocycles. The summed E-state index contributed by atoms with van der Waals surface area (Å²) in [6.07, 6.45) is 4.77. The number of amides is 1. The van der Waals surface area contributed by atoms with Crippen LogP contribution in [0.15, 0.2) is 55.1 Å².